The number of hydrogen-bond acceptors (Lipinski definition) is 1. The quantitative estimate of drug-likeness (QED) is 0.762. The molecule has 0 aromatic heterocycles. The van der Waals surface area contributed by atoms with E-state index >= 15 is 0 Å². The molecular formula is C15H13N. The largest absolute Gasteiger partial charge is 0.380 e. The summed E-state index contributed by atoms with van der Waals surface area (Å²) >= 11 is 0. The third-order valence-corrected chi connectivity index (χ3v) is 2.41. The third-order valence-electron chi connectivity index (χ3n) is 2.41. The molecule has 0 amide bonds. The molecule has 0 aliphatic carbocycles. The van der Waals surface area contributed by atoms with Gasteiger partial charge in [0.1, 0.15) is 0 Å². The van der Waals surface area contributed by atoms with E-state index < -0.39 is 0 Å². The summed E-state index contributed by atoms with van der Waals surface area (Å²) < 4.78 is 0. The van der Waals surface area contributed by atoms with Gasteiger partial charge in [-0.05, 0) is 17.7 Å². The van der Waals surface area contributed by atoms with E-state index in [1.165, 1.54) is 5.56 Å². The van der Waals surface area contributed by atoms with Crippen LogP contribution in [0.1, 0.15) is 11.1 Å². The van der Waals surface area contributed by atoms with E-state index in [-0.39, 0.29) is 0 Å². The van der Waals surface area contributed by atoms with Gasteiger partial charge < -0.3 is 5.32 Å². The van der Waals surface area contributed by atoms with Crippen molar-refractivity contribution in [3.8, 4) is 12.3 Å². The van der Waals surface area contributed by atoms with Gasteiger partial charge in [-0.15, -0.1) is 6.42 Å². The molecule has 1 heteroatoms. The normalized spacial score (nSPS) is 9.44. The maximum atomic E-state index is 5.43. The van der Waals surface area contributed by atoms with Crippen LogP contribution in [0.15, 0.2) is 54.6 Å². The molecule has 2 aromatic carbocycles. The number of nitrogens with one attached hydrogen (secondary N) is 1. The summed E-state index contributed by atoms with van der Waals surface area (Å²) in [5.41, 5.74) is 3.15. The van der Waals surface area contributed by atoms with Crippen LogP contribution in [-0.4, -0.2) is 0 Å². The van der Waals surface area contributed by atoms with E-state index in [0.29, 0.717) is 0 Å². The fraction of sp³-hybridized carbons (Fsp3) is 0.0667. The minimum absolute atomic E-state index is 0.791. The van der Waals surface area contributed by atoms with Crippen molar-refractivity contribution < 1.29 is 0 Å². The van der Waals surface area contributed by atoms with Crippen LogP contribution in [-0.2, 0) is 6.54 Å². The molecule has 1 N–H and O–H groups in total. The van der Waals surface area contributed by atoms with Crippen LogP contribution in [0.25, 0.3) is 0 Å². The maximum absolute atomic E-state index is 5.43. The lowest BCUT2D eigenvalue weighted by atomic mass is 10.1. The zero-order chi connectivity index (χ0) is 11.2. The molecule has 0 atom stereocenters. The average Bonchev–Trinajstić information content (AvgIpc) is 2.38. The highest BCUT2D eigenvalue weighted by Gasteiger charge is 1.97. The summed E-state index contributed by atoms with van der Waals surface area (Å²) in [6, 6.07) is 18.1. The number of anilines is 1. The van der Waals surface area contributed by atoms with Gasteiger partial charge in [0.15, 0.2) is 0 Å². The maximum Gasteiger partial charge on any atom is 0.0501 e. The van der Waals surface area contributed by atoms with E-state index in [4.69, 9.17) is 6.42 Å². The predicted octanol–water partition coefficient (Wildman–Crippen LogP) is 3.28. The lowest BCUT2D eigenvalue weighted by Crippen LogP contribution is -2.00. The molecule has 16 heavy (non-hydrogen) atoms. The Kier molecular flexibility index (Phi) is 3.25. The van der Waals surface area contributed by atoms with Gasteiger partial charge in [0.2, 0.25) is 0 Å². The lowest BCUT2D eigenvalue weighted by molar-refractivity contribution is 1.15. The van der Waals surface area contributed by atoms with Crippen LogP contribution in [0, 0.1) is 12.3 Å². The molecule has 0 unspecified atom stereocenters. The van der Waals surface area contributed by atoms with Crippen molar-refractivity contribution in [3.63, 3.8) is 0 Å². The predicted molar refractivity (Wildman–Crippen MR) is 68.1 cm³/mol. The SMILES string of the molecule is C#Cc1ccccc1NCc1ccccc1. The van der Waals surface area contributed by atoms with Crippen LogP contribution < -0.4 is 5.32 Å². The summed E-state index contributed by atoms with van der Waals surface area (Å²) in [6.07, 6.45) is 5.43. The van der Waals surface area contributed by atoms with Gasteiger partial charge in [-0.25, -0.2) is 0 Å². The first-order valence-electron chi connectivity index (χ1n) is 5.23. The number of benzene rings is 2. The summed E-state index contributed by atoms with van der Waals surface area (Å²) in [6.45, 7) is 0.791. The molecule has 2 aromatic rings. The summed E-state index contributed by atoms with van der Waals surface area (Å²) in [5, 5.41) is 3.34. The fourth-order valence-corrected chi connectivity index (χ4v) is 1.56. The Morgan fingerprint density at radius 3 is 2.38 bits per heavy atom. The molecule has 78 valence electrons. The van der Waals surface area contributed by atoms with E-state index in [2.05, 4.69) is 23.4 Å². The Morgan fingerprint density at radius 2 is 1.62 bits per heavy atom. The van der Waals surface area contributed by atoms with Crippen LogP contribution in [0.2, 0.25) is 0 Å². The van der Waals surface area contributed by atoms with Gasteiger partial charge >= 0.3 is 0 Å². The molecule has 0 saturated carbocycles. The topological polar surface area (TPSA) is 12.0 Å². The van der Waals surface area contributed by atoms with E-state index in [9.17, 15) is 0 Å². The zero-order valence-corrected chi connectivity index (χ0v) is 8.98. The molecule has 0 radical (unpaired) electrons. The van der Waals surface area contributed by atoms with E-state index in [1.54, 1.807) is 0 Å². The molecule has 0 aliphatic rings. The van der Waals surface area contributed by atoms with Gasteiger partial charge in [0, 0.05) is 12.1 Å². The van der Waals surface area contributed by atoms with Gasteiger partial charge in [-0.2, -0.15) is 0 Å². The number of para-hydroxylation sites is 1. The second-order valence-corrected chi connectivity index (χ2v) is 3.53. The highest BCUT2D eigenvalue weighted by atomic mass is 14.9. The Morgan fingerprint density at radius 1 is 0.938 bits per heavy atom. The van der Waals surface area contributed by atoms with E-state index in [0.717, 1.165) is 17.8 Å². The highest BCUT2D eigenvalue weighted by Crippen LogP contribution is 2.14. The molecule has 0 fully saturated rings. The Balaban J connectivity index is 2.09. The molecule has 0 bridgehead atoms. The molecule has 0 saturated heterocycles. The van der Waals surface area contributed by atoms with Crippen molar-refractivity contribution in [1.29, 1.82) is 0 Å². The van der Waals surface area contributed by atoms with Crippen LogP contribution in [0.3, 0.4) is 0 Å². The molecule has 2 rings (SSSR count). The molecule has 0 heterocycles. The van der Waals surface area contributed by atoms with Crippen LogP contribution >= 0.6 is 0 Å². The standard InChI is InChI=1S/C15H13N/c1-2-14-10-6-7-11-15(14)16-12-13-8-4-3-5-9-13/h1,3-11,16H,12H2. The molecule has 1 nitrogen and oxygen atoms in total. The number of hydrogen-bond donors (Lipinski definition) is 1. The van der Waals surface area contributed by atoms with Crippen molar-refractivity contribution >= 4 is 5.69 Å². The number of terminal acetylenes is 1. The first-order chi connectivity index (χ1) is 7.90. The second kappa shape index (κ2) is 5.04. The van der Waals surface area contributed by atoms with Crippen molar-refractivity contribution in [2.45, 2.75) is 6.54 Å². The lowest BCUT2D eigenvalue weighted by Gasteiger charge is -2.08. The zero-order valence-electron chi connectivity index (χ0n) is 8.98. The third kappa shape index (κ3) is 2.43. The van der Waals surface area contributed by atoms with Gasteiger partial charge in [-0.1, -0.05) is 48.4 Å². The summed E-state index contributed by atoms with van der Waals surface area (Å²) in [5.74, 6) is 2.67. The van der Waals surface area contributed by atoms with Crippen LogP contribution in [0.5, 0.6) is 0 Å². The van der Waals surface area contributed by atoms with Crippen molar-refractivity contribution in [3.05, 3.63) is 65.7 Å². The first-order valence-corrected chi connectivity index (χ1v) is 5.23. The van der Waals surface area contributed by atoms with Gasteiger partial charge in [0.25, 0.3) is 0 Å². The second-order valence-electron chi connectivity index (χ2n) is 3.53. The number of rotatable bonds is 3. The average molecular weight is 207 g/mol. The first kappa shape index (κ1) is 10.3. The highest BCUT2D eigenvalue weighted by molar-refractivity contribution is 5.58. The fourth-order valence-electron chi connectivity index (χ4n) is 1.56. The summed E-state index contributed by atoms with van der Waals surface area (Å²) in [7, 11) is 0. The van der Waals surface area contributed by atoms with Crippen molar-refractivity contribution in [1.82, 2.24) is 0 Å². The van der Waals surface area contributed by atoms with Crippen molar-refractivity contribution in [2.75, 3.05) is 5.32 Å². The minimum Gasteiger partial charge on any atom is -0.380 e. The molecule has 0 aliphatic heterocycles. The smallest absolute Gasteiger partial charge is 0.0501 e. The Bertz CT molecular complexity index is 494. The van der Waals surface area contributed by atoms with Crippen LogP contribution in [0.4, 0.5) is 5.69 Å². The minimum atomic E-state index is 0.791. The van der Waals surface area contributed by atoms with Crippen molar-refractivity contribution in [2.24, 2.45) is 0 Å². The summed E-state index contributed by atoms with van der Waals surface area (Å²) in [4.78, 5) is 0. The Labute approximate surface area is 96.1 Å². The van der Waals surface area contributed by atoms with Gasteiger partial charge in [-0.3, -0.25) is 0 Å². The van der Waals surface area contributed by atoms with E-state index in [1.807, 2.05) is 42.5 Å². The molecule has 0 spiro atoms. The van der Waals surface area contributed by atoms with Gasteiger partial charge in [0.05, 0.1) is 5.69 Å². The molecular weight excluding hydrogens is 194 g/mol. The Hall–Kier alpha value is -2.20. The monoisotopic (exact) mass is 207 g/mol.